The van der Waals surface area contributed by atoms with Crippen LogP contribution in [0.25, 0.3) is 0 Å². The van der Waals surface area contributed by atoms with E-state index in [1.54, 1.807) is 13.8 Å². The highest BCUT2D eigenvalue weighted by molar-refractivity contribution is 5.76. The minimum absolute atomic E-state index is 0.204. The van der Waals surface area contributed by atoms with Crippen LogP contribution in [0.3, 0.4) is 0 Å². The van der Waals surface area contributed by atoms with Gasteiger partial charge in [-0.05, 0) is 13.3 Å². The van der Waals surface area contributed by atoms with Gasteiger partial charge < -0.3 is 14.6 Å². The molecule has 0 saturated carbocycles. The molecule has 0 rings (SSSR count). The number of hydrogen-bond acceptors (Lipinski definition) is 5. The zero-order chi connectivity index (χ0) is 13.4. The smallest absolute Gasteiger partial charge is 0.310 e. The number of hydrogen-bond donors (Lipinski definition) is 1. The molecule has 0 unspecified atom stereocenters. The van der Waals surface area contributed by atoms with Crippen molar-refractivity contribution in [1.82, 2.24) is 0 Å². The van der Waals surface area contributed by atoms with Crippen molar-refractivity contribution in [1.29, 1.82) is 0 Å². The second kappa shape index (κ2) is 7.65. The van der Waals surface area contributed by atoms with Gasteiger partial charge in [-0.2, -0.15) is 0 Å². The molecule has 0 aliphatic heterocycles. The van der Waals surface area contributed by atoms with Crippen molar-refractivity contribution >= 4 is 17.9 Å². The van der Waals surface area contributed by atoms with Crippen molar-refractivity contribution in [2.75, 3.05) is 6.61 Å². The number of carbonyl (C=O) groups excluding carboxylic acids is 2. The van der Waals surface area contributed by atoms with Gasteiger partial charge in [0, 0.05) is 6.92 Å². The topological polar surface area (TPSA) is 89.9 Å². The van der Waals surface area contributed by atoms with Crippen LogP contribution in [0.15, 0.2) is 0 Å². The molecule has 6 heteroatoms. The fraction of sp³-hybridized carbons (Fsp3) is 0.727. The maximum atomic E-state index is 11.3. The molecule has 0 heterocycles. The molecule has 0 aliphatic rings. The first-order chi connectivity index (χ1) is 7.92. The van der Waals surface area contributed by atoms with Crippen LogP contribution in [-0.2, 0) is 23.9 Å². The maximum absolute atomic E-state index is 11.3. The lowest BCUT2D eigenvalue weighted by molar-refractivity contribution is -0.161. The van der Waals surface area contributed by atoms with E-state index in [1.807, 2.05) is 0 Å². The maximum Gasteiger partial charge on any atom is 0.310 e. The van der Waals surface area contributed by atoms with Gasteiger partial charge in [0.25, 0.3) is 0 Å². The van der Waals surface area contributed by atoms with Crippen LogP contribution in [0, 0.1) is 5.92 Å². The van der Waals surface area contributed by atoms with Crippen LogP contribution >= 0.6 is 0 Å². The molecule has 0 fully saturated rings. The van der Waals surface area contributed by atoms with E-state index in [-0.39, 0.29) is 19.4 Å². The van der Waals surface area contributed by atoms with Crippen molar-refractivity contribution in [3.05, 3.63) is 0 Å². The van der Waals surface area contributed by atoms with E-state index in [0.717, 1.165) is 0 Å². The monoisotopic (exact) mass is 246 g/mol. The van der Waals surface area contributed by atoms with Crippen molar-refractivity contribution in [3.8, 4) is 0 Å². The van der Waals surface area contributed by atoms with Crippen LogP contribution in [0.5, 0.6) is 0 Å². The van der Waals surface area contributed by atoms with Crippen LogP contribution < -0.4 is 0 Å². The van der Waals surface area contributed by atoms with Gasteiger partial charge in [-0.15, -0.1) is 0 Å². The Morgan fingerprint density at radius 3 is 2.18 bits per heavy atom. The van der Waals surface area contributed by atoms with E-state index < -0.39 is 29.9 Å². The Hall–Kier alpha value is -1.59. The normalized spacial score (nSPS) is 13.6. The predicted molar refractivity (Wildman–Crippen MR) is 58.2 cm³/mol. The van der Waals surface area contributed by atoms with Gasteiger partial charge in [-0.25, -0.2) is 0 Å². The van der Waals surface area contributed by atoms with Crippen molar-refractivity contribution in [2.24, 2.45) is 5.92 Å². The summed E-state index contributed by atoms with van der Waals surface area (Å²) in [5.41, 5.74) is 0. The molecular weight excluding hydrogens is 228 g/mol. The van der Waals surface area contributed by atoms with Gasteiger partial charge >= 0.3 is 17.9 Å². The van der Waals surface area contributed by atoms with Crippen molar-refractivity contribution in [2.45, 2.75) is 39.7 Å². The molecule has 6 nitrogen and oxygen atoms in total. The third-order valence-electron chi connectivity index (χ3n) is 2.20. The number of carboxylic acids is 1. The van der Waals surface area contributed by atoms with E-state index in [9.17, 15) is 14.4 Å². The molecule has 0 bridgehead atoms. The highest BCUT2D eigenvalue weighted by Gasteiger charge is 2.31. The van der Waals surface area contributed by atoms with E-state index in [4.69, 9.17) is 14.6 Å². The van der Waals surface area contributed by atoms with Gasteiger partial charge in [-0.1, -0.05) is 6.92 Å². The van der Waals surface area contributed by atoms with Crippen LogP contribution in [0.1, 0.15) is 33.6 Å². The average molecular weight is 246 g/mol. The zero-order valence-electron chi connectivity index (χ0n) is 10.3. The molecule has 0 aliphatic carbocycles. The van der Waals surface area contributed by atoms with E-state index in [0.29, 0.717) is 0 Å². The number of carbonyl (C=O) groups is 3. The summed E-state index contributed by atoms with van der Waals surface area (Å²) in [6, 6.07) is 0. The summed E-state index contributed by atoms with van der Waals surface area (Å²) in [6.45, 7) is 4.68. The third-order valence-corrected chi connectivity index (χ3v) is 2.20. The Morgan fingerprint density at radius 2 is 1.82 bits per heavy atom. The van der Waals surface area contributed by atoms with Gasteiger partial charge in [0.15, 0.2) is 0 Å². The molecule has 0 aromatic rings. The Bertz CT molecular complexity index is 286. The fourth-order valence-corrected chi connectivity index (χ4v) is 1.46. The Labute approximate surface area is 99.9 Å². The van der Waals surface area contributed by atoms with E-state index in [1.165, 1.54) is 6.92 Å². The Balaban J connectivity index is 4.67. The summed E-state index contributed by atoms with van der Waals surface area (Å²) in [7, 11) is 0. The molecule has 0 aromatic carbocycles. The van der Waals surface area contributed by atoms with Gasteiger partial charge in [-0.3, -0.25) is 14.4 Å². The highest BCUT2D eigenvalue weighted by Crippen LogP contribution is 2.17. The second-order valence-electron chi connectivity index (χ2n) is 3.51. The molecule has 0 amide bonds. The molecule has 0 spiro atoms. The standard InChI is InChI=1S/C11H18O6/c1-4-8(11(14)15)9(17-7(3)12)6-10(13)16-5-2/h8-9H,4-6H2,1-3H3,(H,14,15)/t8-,9-/m0/s1. The quantitative estimate of drug-likeness (QED) is 0.673. The Kier molecular flexibility index (Phi) is 6.93. The largest absolute Gasteiger partial charge is 0.481 e. The lowest BCUT2D eigenvalue weighted by Gasteiger charge is -2.21. The van der Waals surface area contributed by atoms with Gasteiger partial charge in [0.05, 0.1) is 18.9 Å². The summed E-state index contributed by atoms with van der Waals surface area (Å²) >= 11 is 0. The summed E-state index contributed by atoms with van der Waals surface area (Å²) in [5, 5.41) is 8.96. The number of ether oxygens (including phenoxy) is 2. The lowest BCUT2D eigenvalue weighted by atomic mass is 9.97. The summed E-state index contributed by atoms with van der Waals surface area (Å²) < 4.78 is 9.57. The summed E-state index contributed by atoms with van der Waals surface area (Å²) in [4.78, 5) is 33.1. The fourth-order valence-electron chi connectivity index (χ4n) is 1.46. The molecule has 2 atom stereocenters. The SMILES string of the molecule is CCOC(=O)C[C@H](OC(C)=O)[C@H](CC)C(=O)O. The third kappa shape index (κ3) is 5.89. The summed E-state index contributed by atoms with van der Waals surface area (Å²) in [6.07, 6.45) is -0.945. The van der Waals surface area contributed by atoms with E-state index >= 15 is 0 Å². The van der Waals surface area contributed by atoms with Crippen molar-refractivity contribution in [3.63, 3.8) is 0 Å². The predicted octanol–water partition coefficient (Wildman–Crippen LogP) is 0.982. The first kappa shape index (κ1) is 15.4. The van der Waals surface area contributed by atoms with Crippen LogP contribution in [-0.4, -0.2) is 35.7 Å². The highest BCUT2D eigenvalue weighted by atomic mass is 16.6. The second-order valence-corrected chi connectivity index (χ2v) is 3.51. The first-order valence-corrected chi connectivity index (χ1v) is 5.47. The average Bonchev–Trinajstić information content (AvgIpc) is 2.16. The molecule has 0 radical (unpaired) electrons. The van der Waals surface area contributed by atoms with E-state index in [2.05, 4.69) is 0 Å². The summed E-state index contributed by atoms with van der Waals surface area (Å²) in [5.74, 6) is -3.18. The van der Waals surface area contributed by atoms with Crippen LogP contribution in [0.2, 0.25) is 0 Å². The minimum atomic E-state index is -1.09. The Morgan fingerprint density at radius 1 is 1.24 bits per heavy atom. The molecule has 1 N–H and O–H groups in total. The lowest BCUT2D eigenvalue weighted by Crippen LogP contribution is -2.34. The minimum Gasteiger partial charge on any atom is -0.481 e. The molecule has 98 valence electrons. The number of aliphatic carboxylic acids is 1. The number of carboxylic acid groups (broad SMARTS) is 1. The van der Waals surface area contributed by atoms with Gasteiger partial charge in [0.1, 0.15) is 6.10 Å². The molecular formula is C11H18O6. The van der Waals surface area contributed by atoms with Gasteiger partial charge in [0.2, 0.25) is 0 Å². The molecule has 0 aromatic heterocycles. The number of rotatable bonds is 7. The van der Waals surface area contributed by atoms with Crippen molar-refractivity contribution < 1.29 is 29.0 Å². The molecule has 0 saturated heterocycles. The zero-order valence-corrected chi connectivity index (χ0v) is 10.3. The number of esters is 2. The molecule has 17 heavy (non-hydrogen) atoms. The first-order valence-electron chi connectivity index (χ1n) is 5.47. The van der Waals surface area contributed by atoms with Crippen LogP contribution in [0.4, 0.5) is 0 Å².